The number of urea groups is 1. The first kappa shape index (κ1) is 16.7. The van der Waals surface area contributed by atoms with Gasteiger partial charge < -0.3 is 24.6 Å². The fourth-order valence-electron chi connectivity index (χ4n) is 2.66. The highest BCUT2D eigenvalue weighted by Gasteiger charge is 2.54. The summed E-state index contributed by atoms with van der Waals surface area (Å²) in [6.07, 6.45) is 1.01. The highest BCUT2D eigenvalue weighted by Crippen LogP contribution is 2.38. The van der Waals surface area contributed by atoms with Crippen LogP contribution in [-0.2, 0) is 19.0 Å². The van der Waals surface area contributed by atoms with Gasteiger partial charge in [-0.25, -0.2) is 4.79 Å². The van der Waals surface area contributed by atoms with Gasteiger partial charge in [0.2, 0.25) is 0 Å². The normalized spacial score (nSPS) is 32.7. The number of hydrogen-bond donors (Lipinski definition) is 3. The summed E-state index contributed by atoms with van der Waals surface area (Å²) < 4.78 is 16.2. The van der Waals surface area contributed by atoms with Gasteiger partial charge in [0.05, 0.1) is 25.0 Å². The number of fused-ring (bicyclic) bond motifs is 1. The monoisotopic (exact) mass is 314 g/mol. The topological polar surface area (TPSA) is 106 Å². The standard InChI is InChI=1S/C14H22N2O6/c1-4-20-6-5-10(18)16-13(19)15-8-7-9(17)12-11(8)21-14(2,3)22-12/h5-6,8-9,11-12,17H,4,7H2,1-3H3,(H2,15,16,18,19)/b6-5+/t8-,9+,11+,12-/m1/s1. The van der Waals surface area contributed by atoms with E-state index >= 15 is 0 Å². The molecule has 8 nitrogen and oxygen atoms in total. The molecular formula is C14H22N2O6. The Kier molecular flexibility index (Phi) is 5.05. The Labute approximate surface area is 128 Å². The van der Waals surface area contributed by atoms with E-state index in [4.69, 9.17) is 14.2 Å². The molecule has 3 amide bonds. The number of rotatable bonds is 4. The van der Waals surface area contributed by atoms with Crippen LogP contribution in [0.4, 0.5) is 4.79 Å². The van der Waals surface area contributed by atoms with Crippen LogP contribution in [0.5, 0.6) is 0 Å². The first-order valence-corrected chi connectivity index (χ1v) is 7.25. The van der Waals surface area contributed by atoms with Gasteiger partial charge in [-0.05, 0) is 27.2 Å². The summed E-state index contributed by atoms with van der Waals surface area (Å²) in [6.45, 7) is 5.71. The quantitative estimate of drug-likeness (QED) is 0.499. The molecule has 0 radical (unpaired) electrons. The van der Waals surface area contributed by atoms with Gasteiger partial charge in [0.15, 0.2) is 5.79 Å². The van der Waals surface area contributed by atoms with Crippen LogP contribution in [-0.4, -0.2) is 53.8 Å². The van der Waals surface area contributed by atoms with Crippen LogP contribution >= 0.6 is 0 Å². The lowest BCUT2D eigenvalue weighted by molar-refractivity contribution is -0.163. The third-order valence-electron chi connectivity index (χ3n) is 3.47. The molecule has 0 spiro atoms. The van der Waals surface area contributed by atoms with Crippen molar-refractivity contribution in [1.82, 2.24) is 10.6 Å². The molecule has 22 heavy (non-hydrogen) atoms. The van der Waals surface area contributed by atoms with Crippen molar-refractivity contribution in [3.05, 3.63) is 12.3 Å². The Morgan fingerprint density at radius 2 is 2.05 bits per heavy atom. The van der Waals surface area contributed by atoms with E-state index in [-0.39, 0.29) is 0 Å². The highest BCUT2D eigenvalue weighted by molar-refractivity contribution is 6.00. The number of carbonyl (C=O) groups excluding carboxylic acids is 2. The van der Waals surface area contributed by atoms with Gasteiger partial charge in [-0.15, -0.1) is 0 Å². The van der Waals surface area contributed by atoms with Crippen LogP contribution in [0, 0.1) is 0 Å². The minimum atomic E-state index is -0.802. The molecule has 2 aliphatic rings. The van der Waals surface area contributed by atoms with E-state index in [1.165, 1.54) is 6.26 Å². The smallest absolute Gasteiger partial charge is 0.322 e. The molecule has 0 aromatic rings. The number of nitrogens with one attached hydrogen (secondary N) is 2. The summed E-state index contributed by atoms with van der Waals surface area (Å²) in [5.41, 5.74) is 0. The molecule has 0 unspecified atom stereocenters. The van der Waals surface area contributed by atoms with Crippen molar-refractivity contribution in [1.29, 1.82) is 0 Å². The highest BCUT2D eigenvalue weighted by atomic mass is 16.8. The van der Waals surface area contributed by atoms with Crippen molar-refractivity contribution in [2.45, 2.75) is 57.3 Å². The third-order valence-corrected chi connectivity index (χ3v) is 3.47. The summed E-state index contributed by atoms with van der Waals surface area (Å²) in [5, 5.41) is 14.7. The van der Waals surface area contributed by atoms with Crippen LogP contribution < -0.4 is 10.6 Å². The molecular weight excluding hydrogens is 292 g/mol. The molecule has 2 rings (SSSR count). The molecule has 0 aromatic heterocycles. The third kappa shape index (κ3) is 3.96. The van der Waals surface area contributed by atoms with Crippen molar-refractivity contribution >= 4 is 11.9 Å². The fraction of sp³-hybridized carbons (Fsp3) is 0.714. The summed E-state index contributed by atoms with van der Waals surface area (Å²) >= 11 is 0. The molecule has 0 aromatic carbocycles. The van der Waals surface area contributed by atoms with Crippen molar-refractivity contribution in [3.8, 4) is 0 Å². The molecule has 3 N–H and O–H groups in total. The molecule has 1 saturated carbocycles. The molecule has 8 heteroatoms. The zero-order chi connectivity index (χ0) is 16.3. The maximum absolute atomic E-state index is 11.8. The predicted molar refractivity (Wildman–Crippen MR) is 75.7 cm³/mol. The maximum atomic E-state index is 11.8. The van der Waals surface area contributed by atoms with Crippen LogP contribution in [0.1, 0.15) is 27.2 Å². The minimum absolute atomic E-state index is 0.307. The van der Waals surface area contributed by atoms with E-state index in [0.29, 0.717) is 13.0 Å². The van der Waals surface area contributed by atoms with E-state index in [1.54, 1.807) is 20.8 Å². The zero-order valence-corrected chi connectivity index (χ0v) is 12.9. The summed E-state index contributed by atoms with van der Waals surface area (Å²) in [6, 6.07) is -1.08. The van der Waals surface area contributed by atoms with E-state index < -0.39 is 42.1 Å². The van der Waals surface area contributed by atoms with Gasteiger partial charge in [-0.1, -0.05) is 0 Å². The summed E-state index contributed by atoms with van der Waals surface area (Å²) in [4.78, 5) is 23.3. The Morgan fingerprint density at radius 3 is 2.73 bits per heavy atom. The van der Waals surface area contributed by atoms with Gasteiger partial charge in [0.25, 0.3) is 5.91 Å². The number of ether oxygens (including phenoxy) is 3. The van der Waals surface area contributed by atoms with Gasteiger partial charge in [-0.3, -0.25) is 10.1 Å². The molecule has 4 atom stereocenters. The summed E-state index contributed by atoms with van der Waals surface area (Å²) in [5.74, 6) is -1.40. The van der Waals surface area contributed by atoms with E-state index in [0.717, 1.165) is 6.08 Å². The van der Waals surface area contributed by atoms with Gasteiger partial charge in [0.1, 0.15) is 12.2 Å². The molecule has 0 bridgehead atoms. The SMILES string of the molecule is CCO/C=C/C(=O)NC(=O)N[C@@H]1C[C@H](O)[C@H]2OC(C)(C)O[C@H]21. The van der Waals surface area contributed by atoms with Gasteiger partial charge in [0, 0.05) is 6.08 Å². The van der Waals surface area contributed by atoms with Crippen molar-refractivity contribution in [2.75, 3.05) is 6.61 Å². The van der Waals surface area contributed by atoms with Gasteiger partial charge in [-0.2, -0.15) is 0 Å². The first-order valence-electron chi connectivity index (χ1n) is 7.25. The summed E-state index contributed by atoms with van der Waals surface area (Å²) in [7, 11) is 0. The number of imide groups is 1. The molecule has 1 heterocycles. The Balaban J connectivity index is 1.86. The van der Waals surface area contributed by atoms with Crippen LogP contribution in [0.3, 0.4) is 0 Å². The zero-order valence-electron chi connectivity index (χ0n) is 12.9. The average Bonchev–Trinajstić information content (AvgIpc) is 2.86. The first-order chi connectivity index (χ1) is 10.3. The molecule has 124 valence electrons. The van der Waals surface area contributed by atoms with Crippen molar-refractivity contribution in [2.24, 2.45) is 0 Å². The molecule has 1 aliphatic carbocycles. The lowest BCUT2D eigenvalue weighted by Crippen LogP contribution is -2.48. The Hall–Kier alpha value is -1.64. The fourth-order valence-corrected chi connectivity index (χ4v) is 2.66. The molecule has 2 fully saturated rings. The second kappa shape index (κ2) is 6.64. The van der Waals surface area contributed by atoms with E-state index in [9.17, 15) is 14.7 Å². The van der Waals surface area contributed by atoms with Crippen molar-refractivity contribution < 1.29 is 28.9 Å². The van der Waals surface area contributed by atoms with Crippen molar-refractivity contribution in [3.63, 3.8) is 0 Å². The van der Waals surface area contributed by atoms with E-state index in [1.807, 2.05) is 0 Å². The molecule has 1 aliphatic heterocycles. The number of aliphatic hydroxyl groups is 1. The lowest BCUT2D eigenvalue weighted by atomic mass is 10.2. The maximum Gasteiger partial charge on any atom is 0.322 e. The van der Waals surface area contributed by atoms with Gasteiger partial charge >= 0.3 is 6.03 Å². The van der Waals surface area contributed by atoms with Crippen LogP contribution in [0.2, 0.25) is 0 Å². The van der Waals surface area contributed by atoms with Crippen LogP contribution in [0.25, 0.3) is 0 Å². The lowest BCUT2D eigenvalue weighted by Gasteiger charge is -2.22. The van der Waals surface area contributed by atoms with E-state index in [2.05, 4.69) is 10.6 Å². The largest absolute Gasteiger partial charge is 0.501 e. The second-order valence-electron chi connectivity index (χ2n) is 5.70. The Morgan fingerprint density at radius 1 is 1.36 bits per heavy atom. The number of carbonyl (C=O) groups is 2. The van der Waals surface area contributed by atoms with Crippen LogP contribution in [0.15, 0.2) is 12.3 Å². The number of hydrogen-bond acceptors (Lipinski definition) is 6. The minimum Gasteiger partial charge on any atom is -0.501 e. The number of aliphatic hydroxyl groups excluding tert-OH is 1. The number of amides is 3. The molecule has 1 saturated heterocycles. The Bertz CT molecular complexity index is 464. The average molecular weight is 314 g/mol. The second-order valence-corrected chi connectivity index (χ2v) is 5.70. The predicted octanol–water partition coefficient (Wildman–Crippen LogP) is 0.0157.